The predicted octanol–water partition coefficient (Wildman–Crippen LogP) is 4.65. The van der Waals surface area contributed by atoms with Crippen LogP contribution in [0.5, 0.6) is 5.75 Å². The third kappa shape index (κ3) is 3.67. The van der Waals surface area contributed by atoms with E-state index in [0.717, 1.165) is 44.4 Å². The van der Waals surface area contributed by atoms with Gasteiger partial charge in [0.05, 0.1) is 0 Å². The lowest BCUT2D eigenvalue weighted by atomic mass is 10.0. The zero-order valence-corrected chi connectivity index (χ0v) is 16.6. The smallest absolute Gasteiger partial charge is 0.249 e. The van der Waals surface area contributed by atoms with Crippen molar-refractivity contribution in [3.8, 4) is 5.75 Å². The second-order valence-corrected chi connectivity index (χ2v) is 7.25. The minimum Gasteiger partial charge on any atom is -0.489 e. The number of pyridine rings is 1. The van der Waals surface area contributed by atoms with Gasteiger partial charge in [-0.2, -0.15) is 0 Å². The Morgan fingerprint density at radius 1 is 1.00 bits per heavy atom. The molecule has 0 saturated carbocycles. The van der Waals surface area contributed by atoms with E-state index in [1.54, 1.807) is 18.5 Å². The van der Waals surface area contributed by atoms with Crippen LogP contribution >= 0.6 is 0 Å². The molecule has 0 saturated heterocycles. The van der Waals surface area contributed by atoms with E-state index in [2.05, 4.69) is 15.0 Å². The van der Waals surface area contributed by atoms with Gasteiger partial charge in [-0.3, -0.25) is 4.79 Å². The molecule has 3 heterocycles. The topological polar surface area (TPSA) is 96.8 Å². The number of rotatable bonds is 6. The summed E-state index contributed by atoms with van der Waals surface area (Å²) >= 11 is 0. The maximum absolute atomic E-state index is 12.4. The van der Waals surface area contributed by atoms with Crippen molar-refractivity contribution >= 4 is 39.5 Å². The quantitative estimate of drug-likeness (QED) is 0.357. The van der Waals surface area contributed by atoms with Gasteiger partial charge in [0.2, 0.25) is 5.91 Å². The summed E-state index contributed by atoms with van der Waals surface area (Å²) in [6.45, 7) is 0.465. The van der Waals surface area contributed by atoms with Gasteiger partial charge in [0.15, 0.2) is 0 Å². The summed E-state index contributed by atoms with van der Waals surface area (Å²) in [6, 6.07) is 19.6. The Morgan fingerprint density at radius 2 is 1.87 bits per heavy atom. The van der Waals surface area contributed by atoms with Crippen LogP contribution in [-0.2, 0) is 11.4 Å². The van der Waals surface area contributed by atoms with Crippen molar-refractivity contribution in [2.75, 3.05) is 0 Å². The Kier molecular flexibility index (Phi) is 4.72. The number of aromatic nitrogens is 3. The van der Waals surface area contributed by atoms with E-state index in [4.69, 9.17) is 10.5 Å². The standard InChI is InChI=1S/C25H20N4O2/c26-24(30)21(11-17-13-29-25-19(17)7-4-10-27-25)22-14-28-23-9-8-18(12-20(22)23)31-15-16-5-2-1-3-6-16/h1-14,28H,15H2,(H2,26,30)(H,27,29)/b21-11-. The molecule has 0 unspecified atom stereocenters. The number of ether oxygens (including phenoxy) is 1. The fourth-order valence-electron chi connectivity index (χ4n) is 3.69. The Morgan fingerprint density at radius 3 is 2.71 bits per heavy atom. The highest BCUT2D eigenvalue weighted by Gasteiger charge is 2.16. The number of carbonyl (C=O) groups excluding carboxylic acids is 1. The summed E-state index contributed by atoms with van der Waals surface area (Å²) in [5.41, 5.74) is 10.5. The maximum atomic E-state index is 12.4. The van der Waals surface area contributed by atoms with Crippen molar-refractivity contribution in [2.24, 2.45) is 5.73 Å². The molecule has 0 aliphatic heterocycles. The van der Waals surface area contributed by atoms with Gasteiger partial charge in [-0.1, -0.05) is 30.3 Å². The number of benzene rings is 2. The van der Waals surface area contributed by atoms with Crippen LogP contribution in [0.3, 0.4) is 0 Å². The van der Waals surface area contributed by atoms with Crippen LogP contribution < -0.4 is 10.5 Å². The number of aromatic amines is 2. The Labute approximate surface area is 178 Å². The van der Waals surface area contributed by atoms with Crippen LogP contribution in [0.15, 0.2) is 79.3 Å². The van der Waals surface area contributed by atoms with Crippen LogP contribution in [0.4, 0.5) is 0 Å². The van der Waals surface area contributed by atoms with Gasteiger partial charge in [-0.15, -0.1) is 0 Å². The normalized spacial score (nSPS) is 11.8. The second-order valence-electron chi connectivity index (χ2n) is 7.25. The van der Waals surface area contributed by atoms with Crippen molar-refractivity contribution in [3.05, 3.63) is 95.9 Å². The molecule has 31 heavy (non-hydrogen) atoms. The van der Waals surface area contributed by atoms with E-state index in [9.17, 15) is 4.79 Å². The van der Waals surface area contributed by atoms with E-state index in [1.807, 2.05) is 66.9 Å². The number of nitrogens with zero attached hydrogens (tertiary/aromatic N) is 1. The first-order valence-electron chi connectivity index (χ1n) is 9.91. The van der Waals surface area contributed by atoms with E-state index in [-0.39, 0.29) is 0 Å². The first-order valence-corrected chi connectivity index (χ1v) is 9.91. The van der Waals surface area contributed by atoms with Crippen LogP contribution in [-0.4, -0.2) is 20.9 Å². The lowest BCUT2D eigenvalue weighted by Crippen LogP contribution is -2.12. The van der Waals surface area contributed by atoms with Crippen molar-refractivity contribution in [1.29, 1.82) is 0 Å². The van der Waals surface area contributed by atoms with Gasteiger partial charge in [-0.25, -0.2) is 4.98 Å². The molecule has 6 nitrogen and oxygen atoms in total. The fourth-order valence-corrected chi connectivity index (χ4v) is 3.69. The summed E-state index contributed by atoms with van der Waals surface area (Å²) < 4.78 is 5.97. The molecule has 5 rings (SSSR count). The van der Waals surface area contributed by atoms with Crippen LogP contribution in [0.25, 0.3) is 33.6 Å². The highest BCUT2D eigenvalue weighted by molar-refractivity contribution is 6.27. The minimum atomic E-state index is -0.505. The summed E-state index contributed by atoms with van der Waals surface area (Å²) in [4.78, 5) is 23.0. The van der Waals surface area contributed by atoms with E-state index in [0.29, 0.717) is 12.2 Å². The molecule has 5 aromatic rings. The van der Waals surface area contributed by atoms with Crippen molar-refractivity contribution in [1.82, 2.24) is 15.0 Å². The molecule has 0 radical (unpaired) electrons. The number of amides is 1. The number of fused-ring (bicyclic) bond motifs is 2. The van der Waals surface area contributed by atoms with Gasteiger partial charge < -0.3 is 20.4 Å². The number of hydrogen-bond acceptors (Lipinski definition) is 3. The average molecular weight is 408 g/mol. The number of hydrogen-bond donors (Lipinski definition) is 3. The number of carbonyl (C=O) groups is 1. The molecule has 0 aliphatic rings. The molecule has 0 bridgehead atoms. The molecule has 4 N–H and O–H groups in total. The molecule has 6 heteroatoms. The first-order chi connectivity index (χ1) is 15.2. The third-order valence-electron chi connectivity index (χ3n) is 5.24. The van der Waals surface area contributed by atoms with Gasteiger partial charge in [-0.05, 0) is 42.0 Å². The van der Waals surface area contributed by atoms with Crippen LogP contribution in [0.2, 0.25) is 0 Å². The first kappa shape index (κ1) is 18.7. The molecule has 0 fully saturated rings. The zero-order valence-electron chi connectivity index (χ0n) is 16.6. The molecular formula is C25H20N4O2. The second kappa shape index (κ2) is 7.84. The molecule has 0 spiro atoms. The zero-order chi connectivity index (χ0) is 21.2. The Hall–Kier alpha value is -4.32. The molecule has 2 aromatic carbocycles. The maximum Gasteiger partial charge on any atom is 0.249 e. The number of nitrogens with one attached hydrogen (secondary N) is 2. The summed E-state index contributed by atoms with van der Waals surface area (Å²) in [5.74, 6) is 0.215. The monoisotopic (exact) mass is 408 g/mol. The Balaban J connectivity index is 1.53. The van der Waals surface area contributed by atoms with Crippen LogP contribution in [0.1, 0.15) is 16.7 Å². The molecule has 1 amide bonds. The van der Waals surface area contributed by atoms with Gasteiger partial charge in [0.25, 0.3) is 0 Å². The number of primary amides is 1. The number of H-pyrrole nitrogens is 2. The van der Waals surface area contributed by atoms with Crippen molar-refractivity contribution < 1.29 is 9.53 Å². The van der Waals surface area contributed by atoms with Gasteiger partial charge in [0.1, 0.15) is 18.0 Å². The summed E-state index contributed by atoms with van der Waals surface area (Å²) in [7, 11) is 0. The van der Waals surface area contributed by atoms with Gasteiger partial charge >= 0.3 is 0 Å². The van der Waals surface area contributed by atoms with Gasteiger partial charge in [0, 0.05) is 51.6 Å². The fraction of sp³-hybridized carbons (Fsp3) is 0.0400. The van der Waals surface area contributed by atoms with E-state index in [1.165, 1.54) is 0 Å². The highest BCUT2D eigenvalue weighted by atomic mass is 16.5. The molecule has 0 atom stereocenters. The van der Waals surface area contributed by atoms with Crippen LogP contribution in [0, 0.1) is 0 Å². The molecule has 3 aromatic heterocycles. The summed E-state index contributed by atoms with van der Waals surface area (Å²) in [6.07, 6.45) is 7.14. The van der Waals surface area contributed by atoms with E-state index < -0.39 is 5.91 Å². The lowest BCUT2D eigenvalue weighted by molar-refractivity contribution is -0.112. The Bertz CT molecular complexity index is 1410. The molecule has 152 valence electrons. The molecule has 0 aliphatic carbocycles. The lowest BCUT2D eigenvalue weighted by Gasteiger charge is -2.08. The predicted molar refractivity (Wildman–Crippen MR) is 122 cm³/mol. The van der Waals surface area contributed by atoms with Crippen molar-refractivity contribution in [2.45, 2.75) is 6.61 Å². The third-order valence-corrected chi connectivity index (χ3v) is 5.24. The SMILES string of the molecule is NC(=O)/C(=C\c1c[nH]c2ncccc12)c1c[nH]c2ccc(OCc3ccccc3)cc12. The minimum absolute atomic E-state index is 0.413. The number of nitrogens with two attached hydrogens (primary N) is 1. The summed E-state index contributed by atoms with van der Waals surface area (Å²) in [5, 5.41) is 1.79. The van der Waals surface area contributed by atoms with E-state index >= 15 is 0 Å². The van der Waals surface area contributed by atoms with Crippen molar-refractivity contribution in [3.63, 3.8) is 0 Å². The highest BCUT2D eigenvalue weighted by Crippen LogP contribution is 2.31. The average Bonchev–Trinajstić information content (AvgIpc) is 3.40. The largest absolute Gasteiger partial charge is 0.489 e. The molecular weight excluding hydrogens is 388 g/mol.